The van der Waals surface area contributed by atoms with Crippen molar-refractivity contribution < 1.29 is 4.74 Å². The van der Waals surface area contributed by atoms with E-state index in [-0.39, 0.29) is 0 Å². The van der Waals surface area contributed by atoms with Crippen LogP contribution in [0.2, 0.25) is 0 Å². The zero-order valence-electron chi connectivity index (χ0n) is 9.18. The Bertz CT molecular complexity index is 123. The Balaban J connectivity index is 3.41. The molecule has 2 heteroatoms. The van der Waals surface area contributed by atoms with Crippen LogP contribution in [0.1, 0.15) is 27.2 Å². The van der Waals surface area contributed by atoms with Crippen molar-refractivity contribution in [2.24, 2.45) is 5.92 Å². The van der Waals surface area contributed by atoms with Crippen LogP contribution in [-0.4, -0.2) is 25.8 Å². The van der Waals surface area contributed by atoms with Gasteiger partial charge in [-0.3, -0.25) is 0 Å². The van der Waals surface area contributed by atoms with E-state index in [1.54, 1.807) is 6.08 Å². The van der Waals surface area contributed by atoms with E-state index in [1.165, 1.54) is 0 Å². The SMILES string of the molecule is C=CCOC(CC)CNCC(C)C. The fourth-order valence-electron chi connectivity index (χ4n) is 1.06. The van der Waals surface area contributed by atoms with Gasteiger partial charge in [0, 0.05) is 6.54 Å². The van der Waals surface area contributed by atoms with Gasteiger partial charge in [0.1, 0.15) is 0 Å². The Morgan fingerprint density at radius 3 is 2.54 bits per heavy atom. The molecule has 0 saturated heterocycles. The largest absolute Gasteiger partial charge is 0.373 e. The summed E-state index contributed by atoms with van der Waals surface area (Å²) in [6.45, 7) is 12.9. The maximum Gasteiger partial charge on any atom is 0.0701 e. The minimum absolute atomic E-state index is 0.330. The van der Waals surface area contributed by atoms with Crippen molar-refractivity contribution in [3.05, 3.63) is 12.7 Å². The molecule has 0 bridgehead atoms. The standard InChI is InChI=1S/C11H23NO/c1-5-7-13-11(6-2)9-12-8-10(3)4/h5,10-12H,1,6-9H2,2-4H3. The zero-order chi connectivity index (χ0) is 10.1. The van der Waals surface area contributed by atoms with Gasteiger partial charge in [0.25, 0.3) is 0 Å². The van der Waals surface area contributed by atoms with Gasteiger partial charge in [-0.05, 0) is 18.9 Å². The molecule has 0 amide bonds. The molecule has 13 heavy (non-hydrogen) atoms. The molecule has 0 aromatic heterocycles. The normalized spacial score (nSPS) is 13.2. The van der Waals surface area contributed by atoms with Gasteiger partial charge in [0.15, 0.2) is 0 Å². The molecule has 0 rings (SSSR count). The number of hydrogen-bond donors (Lipinski definition) is 1. The number of hydrogen-bond acceptors (Lipinski definition) is 2. The van der Waals surface area contributed by atoms with E-state index in [4.69, 9.17) is 4.74 Å². The van der Waals surface area contributed by atoms with Crippen molar-refractivity contribution in [1.82, 2.24) is 5.32 Å². The molecule has 0 spiro atoms. The third-order valence-corrected chi connectivity index (χ3v) is 1.83. The second-order valence-electron chi connectivity index (χ2n) is 3.70. The summed E-state index contributed by atoms with van der Waals surface area (Å²) in [7, 11) is 0. The summed E-state index contributed by atoms with van der Waals surface area (Å²) >= 11 is 0. The third-order valence-electron chi connectivity index (χ3n) is 1.83. The highest BCUT2D eigenvalue weighted by atomic mass is 16.5. The Morgan fingerprint density at radius 2 is 2.08 bits per heavy atom. The van der Waals surface area contributed by atoms with Gasteiger partial charge in [0.2, 0.25) is 0 Å². The Kier molecular flexibility index (Phi) is 8.05. The molecule has 0 aliphatic carbocycles. The maximum absolute atomic E-state index is 5.54. The van der Waals surface area contributed by atoms with E-state index in [0.29, 0.717) is 18.6 Å². The van der Waals surface area contributed by atoms with Gasteiger partial charge >= 0.3 is 0 Å². The first-order chi connectivity index (χ1) is 6.20. The Morgan fingerprint density at radius 1 is 1.38 bits per heavy atom. The monoisotopic (exact) mass is 185 g/mol. The summed E-state index contributed by atoms with van der Waals surface area (Å²) in [4.78, 5) is 0. The molecule has 0 saturated carbocycles. The highest BCUT2D eigenvalue weighted by Gasteiger charge is 2.04. The van der Waals surface area contributed by atoms with E-state index in [2.05, 4.69) is 32.7 Å². The van der Waals surface area contributed by atoms with Crippen molar-refractivity contribution >= 4 is 0 Å². The van der Waals surface area contributed by atoms with Crippen molar-refractivity contribution in [2.45, 2.75) is 33.3 Å². The highest BCUT2D eigenvalue weighted by molar-refractivity contribution is 4.68. The molecule has 0 aliphatic heterocycles. The van der Waals surface area contributed by atoms with Crippen molar-refractivity contribution in [2.75, 3.05) is 19.7 Å². The summed E-state index contributed by atoms with van der Waals surface area (Å²) in [5, 5.41) is 3.39. The fraction of sp³-hybridized carbons (Fsp3) is 0.818. The summed E-state index contributed by atoms with van der Waals surface area (Å²) in [6.07, 6.45) is 3.18. The van der Waals surface area contributed by atoms with E-state index in [0.717, 1.165) is 19.5 Å². The first kappa shape index (κ1) is 12.7. The van der Waals surface area contributed by atoms with Crippen molar-refractivity contribution in [1.29, 1.82) is 0 Å². The molecule has 0 aliphatic rings. The van der Waals surface area contributed by atoms with Crippen LogP contribution < -0.4 is 5.32 Å². The molecular weight excluding hydrogens is 162 g/mol. The van der Waals surface area contributed by atoms with Crippen molar-refractivity contribution in [3.8, 4) is 0 Å². The minimum atomic E-state index is 0.330. The lowest BCUT2D eigenvalue weighted by molar-refractivity contribution is 0.0709. The molecule has 0 fully saturated rings. The van der Waals surface area contributed by atoms with Gasteiger partial charge in [-0.25, -0.2) is 0 Å². The minimum Gasteiger partial charge on any atom is -0.373 e. The maximum atomic E-state index is 5.54. The molecular formula is C11H23NO. The van der Waals surface area contributed by atoms with Crippen molar-refractivity contribution in [3.63, 3.8) is 0 Å². The summed E-state index contributed by atoms with van der Waals surface area (Å²) < 4.78 is 5.54. The third kappa shape index (κ3) is 8.00. The van der Waals surface area contributed by atoms with E-state index in [9.17, 15) is 0 Å². The average molecular weight is 185 g/mol. The lowest BCUT2D eigenvalue weighted by atomic mass is 10.2. The van der Waals surface area contributed by atoms with Gasteiger partial charge in [-0.1, -0.05) is 26.8 Å². The quantitative estimate of drug-likeness (QED) is 0.585. The number of rotatable bonds is 8. The van der Waals surface area contributed by atoms with E-state index in [1.807, 2.05) is 0 Å². The zero-order valence-corrected chi connectivity index (χ0v) is 9.18. The predicted molar refractivity (Wildman–Crippen MR) is 57.9 cm³/mol. The average Bonchev–Trinajstić information content (AvgIpc) is 2.10. The fourth-order valence-corrected chi connectivity index (χ4v) is 1.06. The van der Waals surface area contributed by atoms with Crippen LogP contribution in [-0.2, 0) is 4.74 Å². The second kappa shape index (κ2) is 8.27. The van der Waals surface area contributed by atoms with Crippen LogP contribution in [0.3, 0.4) is 0 Å². The first-order valence-electron chi connectivity index (χ1n) is 5.13. The topological polar surface area (TPSA) is 21.3 Å². The second-order valence-corrected chi connectivity index (χ2v) is 3.70. The van der Waals surface area contributed by atoms with Gasteiger partial charge in [-0.2, -0.15) is 0 Å². The summed E-state index contributed by atoms with van der Waals surface area (Å²) in [5.74, 6) is 0.705. The van der Waals surface area contributed by atoms with Crippen LogP contribution in [0.25, 0.3) is 0 Å². The molecule has 0 aromatic rings. The van der Waals surface area contributed by atoms with Crippen LogP contribution in [0.5, 0.6) is 0 Å². The molecule has 0 heterocycles. The molecule has 1 atom stereocenters. The number of ether oxygens (including phenoxy) is 1. The molecule has 1 N–H and O–H groups in total. The van der Waals surface area contributed by atoms with Gasteiger partial charge in [0.05, 0.1) is 12.7 Å². The predicted octanol–water partition coefficient (Wildman–Crippen LogP) is 2.21. The van der Waals surface area contributed by atoms with E-state index < -0.39 is 0 Å². The van der Waals surface area contributed by atoms with Gasteiger partial charge in [-0.15, -0.1) is 6.58 Å². The summed E-state index contributed by atoms with van der Waals surface area (Å²) in [5.41, 5.74) is 0. The lowest BCUT2D eigenvalue weighted by Gasteiger charge is -2.16. The molecule has 78 valence electrons. The van der Waals surface area contributed by atoms with E-state index >= 15 is 0 Å². The first-order valence-corrected chi connectivity index (χ1v) is 5.13. The molecule has 1 unspecified atom stereocenters. The lowest BCUT2D eigenvalue weighted by Crippen LogP contribution is -2.31. The van der Waals surface area contributed by atoms with Crippen LogP contribution in [0.15, 0.2) is 12.7 Å². The van der Waals surface area contributed by atoms with Crippen LogP contribution >= 0.6 is 0 Å². The van der Waals surface area contributed by atoms with Crippen LogP contribution in [0, 0.1) is 5.92 Å². The highest BCUT2D eigenvalue weighted by Crippen LogP contribution is 1.97. The smallest absolute Gasteiger partial charge is 0.0701 e. The molecule has 0 radical (unpaired) electrons. The Labute approximate surface area is 82.4 Å². The van der Waals surface area contributed by atoms with Crippen LogP contribution in [0.4, 0.5) is 0 Å². The molecule has 0 aromatic carbocycles. The number of nitrogens with one attached hydrogen (secondary N) is 1. The summed E-state index contributed by atoms with van der Waals surface area (Å²) in [6, 6.07) is 0. The molecule has 2 nitrogen and oxygen atoms in total. The van der Waals surface area contributed by atoms with Gasteiger partial charge < -0.3 is 10.1 Å². The Hall–Kier alpha value is -0.340.